The molecule has 1 aliphatic rings. The van der Waals surface area contributed by atoms with Gasteiger partial charge >= 0.3 is 0 Å². The number of nitrogens with one attached hydrogen (secondary N) is 1. The fourth-order valence-electron chi connectivity index (χ4n) is 2.87. The molecule has 1 aromatic carbocycles. The fourth-order valence-corrected chi connectivity index (χ4v) is 2.87. The Hall–Kier alpha value is -2.54. The van der Waals surface area contributed by atoms with Crippen LogP contribution < -0.4 is 10.7 Å². The molecule has 132 valence electrons. The van der Waals surface area contributed by atoms with E-state index in [1.54, 1.807) is 25.1 Å². The average molecular weight is 345 g/mol. The summed E-state index contributed by atoms with van der Waals surface area (Å²) in [4.78, 5) is 24.4. The second-order valence-electron chi connectivity index (χ2n) is 6.04. The monoisotopic (exact) mass is 345 g/mol. The molecule has 3 rings (SSSR count). The fraction of sp³-hybridized carbons (Fsp3) is 0.389. The van der Waals surface area contributed by atoms with Crippen molar-refractivity contribution >= 4 is 5.91 Å². The number of aromatic nitrogens is 2. The first-order valence-corrected chi connectivity index (χ1v) is 8.32. The minimum Gasteiger partial charge on any atom is -0.378 e. The van der Waals surface area contributed by atoms with Crippen molar-refractivity contribution in [2.45, 2.75) is 32.3 Å². The summed E-state index contributed by atoms with van der Waals surface area (Å²) in [6.07, 6.45) is 2.87. The third-order valence-corrected chi connectivity index (χ3v) is 4.18. The Morgan fingerprint density at radius 3 is 2.96 bits per heavy atom. The molecular weight excluding hydrogens is 325 g/mol. The second-order valence-corrected chi connectivity index (χ2v) is 6.04. The Balaban J connectivity index is 1.79. The predicted molar refractivity (Wildman–Crippen MR) is 90.5 cm³/mol. The number of aryl methyl sites for hydroxylation is 1. The first-order chi connectivity index (χ1) is 12.1. The van der Waals surface area contributed by atoms with Gasteiger partial charge in [-0.15, -0.1) is 0 Å². The van der Waals surface area contributed by atoms with E-state index in [0.29, 0.717) is 18.7 Å². The van der Waals surface area contributed by atoms with Gasteiger partial charge in [-0.25, -0.2) is 9.07 Å². The van der Waals surface area contributed by atoms with Crippen LogP contribution in [-0.2, 0) is 4.74 Å². The van der Waals surface area contributed by atoms with Crippen molar-refractivity contribution in [2.75, 3.05) is 13.2 Å². The maximum Gasteiger partial charge on any atom is 0.275 e. The summed E-state index contributed by atoms with van der Waals surface area (Å²) < 4.78 is 20.8. The maximum absolute atomic E-state index is 14.0. The molecule has 2 aromatic rings. The van der Waals surface area contributed by atoms with Crippen LogP contribution in [-0.4, -0.2) is 34.9 Å². The molecule has 0 aliphatic carbocycles. The van der Waals surface area contributed by atoms with Crippen LogP contribution in [0, 0.1) is 12.7 Å². The largest absolute Gasteiger partial charge is 0.378 e. The molecule has 25 heavy (non-hydrogen) atoms. The summed E-state index contributed by atoms with van der Waals surface area (Å²) in [5, 5.41) is 6.77. The smallest absolute Gasteiger partial charge is 0.275 e. The number of carbonyl (C=O) groups is 1. The number of hydrogen-bond acceptors (Lipinski definition) is 4. The molecule has 7 heteroatoms. The quantitative estimate of drug-likeness (QED) is 0.899. The van der Waals surface area contributed by atoms with Crippen molar-refractivity contribution in [2.24, 2.45) is 0 Å². The number of amides is 1. The Morgan fingerprint density at radius 1 is 1.44 bits per heavy atom. The van der Waals surface area contributed by atoms with Crippen molar-refractivity contribution in [1.82, 2.24) is 15.1 Å². The van der Waals surface area contributed by atoms with E-state index in [-0.39, 0.29) is 17.5 Å². The lowest BCUT2D eigenvalue weighted by Gasteiger charge is -2.13. The molecule has 0 spiro atoms. The number of benzene rings is 1. The van der Waals surface area contributed by atoms with E-state index in [2.05, 4.69) is 10.4 Å². The number of ether oxygens (including phenoxy) is 1. The highest BCUT2D eigenvalue weighted by atomic mass is 19.1. The lowest BCUT2D eigenvalue weighted by Crippen LogP contribution is -2.33. The van der Waals surface area contributed by atoms with Crippen molar-refractivity contribution in [3.63, 3.8) is 0 Å². The second kappa shape index (κ2) is 7.57. The third kappa shape index (κ3) is 3.93. The third-order valence-electron chi connectivity index (χ3n) is 4.18. The Labute approximate surface area is 144 Å². The minimum atomic E-state index is -0.562. The summed E-state index contributed by atoms with van der Waals surface area (Å²) in [7, 11) is 0. The van der Waals surface area contributed by atoms with E-state index in [1.165, 1.54) is 16.8 Å². The van der Waals surface area contributed by atoms with Crippen LogP contribution in [0.4, 0.5) is 4.39 Å². The van der Waals surface area contributed by atoms with Gasteiger partial charge in [0, 0.05) is 24.9 Å². The molecular formula is C18H20FN3O3. The van der Waals surface area contributed by atoms with E-state index in [0.717, 1.165) is 19.4 Å². The predicted octanol–water partition coefficient (Wildman–Crippen LogP) is 1.98. The molecule has 2 heterocycles. The van der Waals surface area contributed by atoms with Crippen molar-refractivity contribution in [3.05, 3.63) is 57.8 Å². The molecule has 1 N–H and O–H groups in total. The van der Waals surface area contributed by atoms with Gasteiger partial charge in [0.2, 0.25) is 5.43 Å². The molecule has 6 nitrogen and oxygen atoms in total. The van der Waals surface area contributed by atoms with Crippen LogP contribution in [0.3, 0.4) is 0 Å². The Kier molecular flexibility index (Phi) is 5.23. The highest BCUT2D eigenvalue weighted by Gasteiger charge is 2.18. The van der Waals surface area contributed by atoms with E-state index >= 15 is 0 Å². The van der Waals surface area contributed by atoms with Crippen molar-refractivity contribution < 1.29 is 13.9 Å². The maximum atomic E-state index is 14.0. The molecule has 1 fully saturated rings. The lowest BCUT2D eigenvalue weighted by atomic mass is 10.2. The van der Waals surface area contributed by atoms with Crippen molar-refractivity contribution in [3.8, 4) is 5.69 Å². The van der Waals surface area contributed by atoms with Gasteiger partial charge < -0.3 is 10.1 Å². The van der Waals surface area contributed by atoms with Crippen LogP contribution >= 0.6 is 0 Å². The standard InChI is InChI=1S/C18H20FN3O3/c1-12-11-16(23)17(18(24)20-9-8-13-5-4-10-25-13)21-22(12)15-7-3-2-6-14(15)19/h2-3,6-7,11,13H,4-5,8-10H2,1H3,(H,20,24). The van der Waals surface area contributed by atoms with Crippen LogP contribution in [0.2, 0.25) is 0 Å². The molecule has 0 bridgehead atoms. The minimum absolute atomic E-state index is 0.154. The molecule has 1 amide bonds. The highest BCUT2D eigenvalue weighted by molar-refractivity contribution is 5.92. The number of halogens is 1. The normalized spacial score (nSPS) is 16.8. The van der Waals surface area contributed by atoms with Gasteiger partial charge in [0.15, 0.2) is 5.69 Å². The molecule has 0 radical (unpaired) electrons. The van der Waals surface area contributed by atoms with Crippen LogP contribution in [0.15, 0.2) is 35.1 Å². The van der Waals surface area contributed by atoms with Gasteiger partial charge in [0.1, 0.15) is 11.5 Å². The topological polar surface area (TPSA) is 73.2 Å². The molecule has 1 aromatic heterocycles. The number of rotatable bonds is 5. The molecule has 1 saturated heterocycles. The highest BCUT2D eigenvalue weighted by Crippen LogP contribution is 2.15. The molecule has 1 unspecified atom stereocenters. The van der Waals surface area contributed by atoms with Gasteiger partial charge in [0.25, 0.3) is 5.91 Å². The van der Waals surface area contributed by atoms with E-state index in [9.17, 15) is 14.0 Å². The van der Waals surface area contributed by atoms with Crippen LogP contribution in [0.5, 0.6) is 0 Å². The number of para-hydroxylation sites is 1. The number of carbonyl (C=O) groups excluding carboxylic acids is 1. The van der Waals surface area contributed by atoms with Crippen molar-refractivity contribution in [1.29, 1.82) is 0 Å². The summed E-state index contributed by atoms with van der Waals surface area (Å²) in [6, 6.07) is 7.36. The molecule has 1 atom stereocenters. The lowest BCUT2D eigenvalue weighted by molar-refractivity contribution is 0.0901. The van der Waals surface area contributed by atoms with Gasteiger partial charge in [-0.1, -0.05) is 12.1 Å². The zero-order chi connectivity index (χ0) is 17.8. The summed E-state index contributed by atoms with van der Waals surface area (Å²) in [5.74, 6) is -1.04. The Morgan fingerprint density at radius 2 is 2.24 bits per heavy atom. The summed E-state index contributed by atoms with van der Waals surface area (Å²) in [5.41, 5.74) is -0.0969. The summed E-state index contributed by atoms with van der Waals surface area (Å²) >= 11 is 0. The SMILES string of the molecule is Cc1cc(=O)c(C(=O)NCCC2CCCO2)nn1-c1ccccc1F. The first kappa shape index (κ1) is 17.3. The first-order valence-electron chi connectivity index (χ1n) is 8.32. The number of hydrogen-bond donors (Lipinski definition) is 1. The van der Waals surface area contributed by atoms with E-state index in [4.69, 9.17) is 4.74 Å². The van der Waals surface area contributed by atoms with Crippen LogP contribution in [0.1, 0.15) is 35.4 Å². The van der Waals surface area contributed by atoms with Gasteiger partial charge in [-0.05, 0) is 38.3 Å². The van der Waals surface area contributed by atoms with Gasteiger partial charge in [-0.3, -0.25) is 9.59 Å². The van der Waals surface area contributed by atoms with Gasteiger partial charge in [0.05, 0.1) is 6.10 Å². The molecule has 1 aliphatic heterocycles. The zero-order valence-electron chi connectivity index (χ0n) is 14.0. The zero-order valence-corrected chi connectivity index (χ0v) is 14.0. The summed E-state index contributed by atoms with van der Waals surface area (Å²) in [6.45, 7) is 2.80. The number of nitrogens with zero attached hydrogens (tertiary/aromatic N) is 2. The Bertz CT molecular complexity index is 829. The molecule has 0 saturated carbocycles. The average Bonchev–Trinajstić information content (AvgIpc) is 3.09. The van der Waals surface area contributed by atoms with E-state index < -0.39 is 17.2 Å². The van der Waals surface area contributed by atoms with Gasteiger partial charge in [-0.2, -0.15) is 5.10 Å². The van der Waals surface area contributed by atoms with Crippen LogP contribution in [0.25, 0.3) is 5.69 Å². The van der Waals surface area contributed by atoms with E-state index in [1.807, 2.05) is 0 Å².